The van der Waals surface area contributed by atoms with Gasteiger partial charge in [-0.05, 0) is 60.4 Å². The average Bonchev–Trinajstić information content (AvgIpc) is 3.18. The maximum Gasteiger partial charge on any atom is 0.416 e. The molecule has 186 valence electrons. The molecule has 0 aliphatic rings. The van der Waals surface area contributed by atoms with Gasteiger partial charge < -0.3 is 14.6 Å². The van der Waals surface area contributed by atoms with Gasteiger partial charge >= 0.3 is 6.18 Å². The summed E-state index contributed by atoms with van der Waals surface area (Å²) >= 11 is 0. The fourth-order valence-corrected chi connectivity index (χ4v) is 4.02. The van der Waals surface area contributed by atoms with Gasteiger partial charge in [0.1, 0.15) is 18.1 Å². The number of halogens is 3. The summed E-state index contributed by atoms with van der Waals surface area (Å²) in [6.07, 6.45) is -4.49. The van der Waals surface area contributed by atoms with Gasteiger partial charge in [-0.3, -0.25) is 4.79 Å². The Morgan fingerprint density at radius 1 is 1.03 bits per heavy atom. The molecule has 0 radical (unpaired) electrons. The van der Waals surface area contributed by atoms with Crippen LogP contribution in [0.15, 0.2) is 77.3 Å². The number of alkyl halides is 3. The number of ether oxygens (including phenoxy) is 1. The Labute approximate surface area is 206 Å². The molecule has 4 rings (SSSR count). The van der Waals surface area contributed by atoms with Crippen molar-refractivity contribution in [3.63, 3.8) is 0 Å². The van der Waals surface area contributed by atoms with Crippen LogP contribution in [0, 0.1) is 13.8 Å². The third kappa shape index (κ3) is 5.59. The summed E-state index contributed by atoms with van der Waals surface area (Å²) in [5, 5.41) is 6.80. The van der Waals surface area contributed by atoms with E-state index in [9.17, 15) is 18.0 Å². The van der Waals surface area contributed by atoms with Gasteiger partial charge in [0, 0.05) is 6.92 Å². The highest BCUT2D eigenvalue weighted by atomic mass is 19.4. The molecule has 0 spiro atoms. The number of nitrogens with zero attached hydrogens (tertiary/aromatic N) is 1. The maximum atomic E-state index is 13.5. The van der Waals surface area contributed by atoms with Gasteiger partial charge in [-0.15, -0.1) is 0 Å². The Morgan fingerprint density at radius 3 is 2.31 bits per heavy atom. The first-order valence-corrected chi connectivity index (χ1v) is 11.3. The monoisotopic (exact) mass is 494 g/mol. The van der Waals surface area contributed by atoms with E-state index in [2.05, 4.69) is 10.5 Å². The number of aryl methyl sites for hydroxylation is 2. The summed E-state index contributed by atoms with van der Waals surface area (Å²) in [6.45, 7) is 5.31. The summed E-state index contributed by atoms with van der Waals surface area (Å²) in [6, 6.07) is 18.8. The van der Waals surface area contributed by atoms with Crippen molar-refractivity contribution in [1.82, 2.24) is 10.5 Å². The molecule has 3 aromatic carbocycles. The van der Waals surface area contributed by atoms with E-state index in [0.717, 1.165) is 23.4 Å². The van der Waals surface area contributed by atoms with Crippen molar-refractivity contribution >= 4 is 5.91 Å². The molecular formula is C28H25F3N2O3. The third-order valence-electron chi connectivity index (χ3n) is 5.90. The molecule has 0 saturated carbocycles. The molecule has 1 amide bonds. The van der Waals surface area contributed by atoms with Gasteiger partial charge in [0.05, 0.1) is 22.9 Å². The Kier molecular flexibility index (Phi) is 7.15. The highest BCUT2D eigenvalue weighted by molar-refractivity contribution is 5.76. The molecule has 36 heavy (non-hydrogen) atoms. The van der Waals surface area contributed by atoms with Gasteiger partial charge in [0.2, 0.25) is 5.91 Å². The minimum absolute atomic E-state index is 0.284. The van der Waals surface area contributed by atoms with Gasteiger partial charge in [-0.1, -0.05) is 53.7 Å². The number of amides is 1. The van der Waals surface area contributed by atoms with Crippen LogP contribution in [-0.2, 0) is 17.6 Å². The molecule has 0 fully saturated rings. The first-order valence-electron chi connectivity index (χ1n) is 11.3. The number of hydrogen-bond acceptors (Lipinski definition) is 4. The molecule has 8 heteroatoms. The van der Waals surface area contributed by atoms with E-state index in [1.54, 1.807) is 54.6 Å². The standard InChI is InChI=1S/C28H25F3N2O3/c1-17-26(18(2)36-33-17)16-35-23-12-9-21(10-13-23)27(32-19(3)34)24-14-11-22(28(29,30)31)15-25(24)20-7-5-4-6-8-20/h4-15,27H,16H2,1-3H3,(H,32,34). The molecule has 0 bridgehead atoms. The molecule has 0 aliphatic heterocycles. The number of aromatic nitrogens is 1. The van der Waals surface area contributed by atoms with E-state index in [1.165, 1.54) is 13.0 Å². The van der Waals surface area contributed by atoms with Crippen molar-refractivity contribution in [1.29, 1.82) is 0 Å². The lowest BCUT2D eigenvalue weighted by Gasteiger charge is -2.23. The van der Waals surface area contributed by atoms with Crippen LogP contribution in [-0.4, -0.2) is 11.1 Å². The number of hydrogen-bond donors (Lipinski definition) is 1. The van der Waals surface area contributed by atoms with Gasteiger partial charge in [0.25, 0.3) is 0 Å². The average molecular weight is 495 g/mol. The van der Waals surface area contributed by atoms with Crippen LogP contribution in [0.1, 0.15) is 46.7 Å². The SMILES string of the molecule is CC(=O)NC(c1ccc(OCc2c(C)noc2C)cc1)c1ccc(C(F)(F)F)cc1-c1ccccc1. The molecule has 1 aromatic heterocycles. The smallest absolute Gasteiger partial charge is 0.416 e. The van der Waals surface area contributed by atoms with E-state index in [-0.39, 0.29) is 12.5 Å². The van der Waals surface area contributed by atoms with Gasteiger partial charge in [-0.25, -0.2) is 0 Å². The van der Waals surface area contributed by atoms with Crippen molar-refractivity contribution in [3.05, 3.63) is 107 Å². The van der Waals surface area contributed by atoms with E-state index in [0.29, 0.717) is 33.8 Å². The predicted octanol–water partition coefficient (Wildman–Crippen LogP) is 6.78. The second-order valence-electron chi connectivity index (χ2n) is 8.46. The van der Waals surface area contributed by atoms with Crippen LogP contribution < -0.4 is 10.1 Å². The molecule has 4 aromatic rings. The summed E-state index contributed by atoms with van der Waals surface area (Å²) < 4.78 is 51.6. The van der Waals surface area contributed by atoms with Crippen LogP contribution in [0.4, 0.5) is 13.2 Å². The van der Waals surface area contributed by atoms with Crippen LogP contribution in [0.2, 0.25) is 0 Å². The van der Waals surface area contributed by atoms with Crippen molar-refractivity contribution < 1.29 is 27.2 Å². The number of rotatable bonds is 7. The molecular weight excluding hydrogens is 469 g/mol. The zero-order valence-electron chi connectivity index (χ0n) is 20.0. The molecule has 1 heterocycles. The van der Waals surface area contributed by atoms with Crippen molar-refractivity contribution in [2.24, 2.45) is 0 Å². The summed E-state index contributed by atoms with van der Waals surface area (Å²) in [4.78, 5) is 12.1. The molecule has 0 aliphatic carbocycles. The summed E-state index contributed by atoms with van der Waals surface area (Å²) in [5.41, 5.74) is 3.13. The normalized spacial score (nSPS) is 12.3. The van der Waals surface area contributed by atoms with Gasteiger partial charge in [0.15, 0.2) is 0 Å². The van der Waals surface area contributed by atoms with Crippen LogP contribution in [0.5, 0.6) is 5.75 Å². The molecule has 1 N–H and O–H groups in total. The predicted molar refractivity (Wildman–Crippen MR) is 129 cm³/mol. The zero-order chi connectivity index (χ0) is 25.9. The topological polar surface area (TPSA) is 64.4 Å². The Morgan fingerprint density at radius 2 is 1.72 bits per heavy atom. The maximum absolute atomic E-state index is 13.5. The molecule has 0 saturated heterocycles. The van der Waals surface area contributed by atoms with Gasteiger partial charge in [-0.2, -0.15) is 13.2 Å². The molecule has 1 atom stereocenters. The van der Waals surface area contributed by atoms with E-state index in [4.69, 9.17) is 9.26 Å². The minimum Gasteiger partial charge on any atom is -0.489 e. The first kappa shape index (κ1) is 25.0. The first-order chi connectivity index (χ1) is 17.1. The lowest BCUT2D eigenvalue weighted by atomic mass is 9.89. The minimum atomic E-state index is -4.49. The fourth-order valence-electron chi connectivity index (χ4n) is 4.02. The number of carbonyl (C=O) groups is 1. The Bertz CT molecular complexity index is 1330. The Balaban J connectivity index is 1.70. The van der Waals surface area contributed by atoms with E-state index < -0.39 is 17.8 Å². The second-order valence-corrected chi connectivity index (χ2v) is 8.46. The highest BCUT2D eigenvalue weighted by Gasteiger charge is 2.32. The zero-order valence-corrected chi connectivity index (χ0v) is 20.0. The summed E-state index contributed by atoms with van der Waals surface area (Å²) in [7, 11) is 0. The quantitative estimate of drug-likeness (QED) is 0.308. The van der Waals surface area contributed by atoms with Crippen LogP contribution >= 0.6 is 0 Å². The number of nitrogens with one attached hydrogen (secondary N) is 1. The van der Waals surface area contributed by atoms with E-state index >= 15 is 0 Å². The second kappa shape index (κ2) is 10.3. The van der Waals surface area contributed by atoms with Crippen molar-refractivity contribution in [2.75, 3.05) is 0 Å². The highest BCUT2D eigenvalue weighted by Crippen LogP contribution is 2.38. The number of benzene rings is 3. The number of carbonyl (C=O) groups excluding carboxylic acids is 1. The van der Waals surface area contributed by atoms with Crippen molar-refractivity contribution in [3.8, 4) is 16.9 Å². The Hall–Kier alpha value is -4.07. The lowest BCUT2D eigenvalue weighted by molar-refractivity contribution is -0.137. The van der Waals surface area contributed by atoms with Crippen molar-refractivity contribution in [2.45, 2.75) is 39.6 Å². The fraction of sp³-hybridized carbons (Fsp3) is 0.214. The van der Waals surface area contributed by atoms with Crippen LogP contribution in [0.3, 0.4) is 0 Å². The lowest BCUT2D eigenvalue weighted by Crippen LogP contribution is -2.27. The third-order valence-corrected chi connectivity index (χ3v) is 5.90. The largest absolute Gasteiger partial charge is 0.489 e. The molecule has 1 unspecified atom stereocenters. The summed E-state index contributed by atoms with van der Waals surface area (Å²) in [5.74, 6) is 0.972. The molecule has 5 nitrogen and oxygen atoms in total. The van der Waals surface area contributed by atoms with Crippen LogP contribution in [0.25, 0.3) is 11.1 Å². The van der Waals surface area contributed by atoms with E-state index in [1.807, 2.05) is 13.8 Å².